The second-order valence-corrected chi connectivity index (χ2v) is 8.21. The van der Waals surface area contributed by atoms with Crippen LogP contribution in [0.5, 0.6) is 5.75 Å². The number of halogens is 1. The summed E-state index contributed by atoms with van der Waals surface area (Å²) in [4.78, 5) is 16.1. The summed E-state index contributed by atoms with van der Waals surface area (Å²) in [6.07, 6.45) is 7.11. The molecule has 0 spiro atoms. The second kappa shape index (κ2) is 9.03. The van der Waals surface area contributed by atoms with E-state index in [-0.39, 0.29) is 12.5 Å². The number of carbonyl (C=O) groups is 1. The summed E-state index contributed by atoms with van der Waals surface area (Å²) in [6, 6.07) is 9.24. The number of ether oxygens (including phenoxy) is 1. The molecule has 6 nitrogen and oxygen atoms in total. The van der Waals surface area contributed by atoms with E-state index in [0.29, 0.717) is 17.0 Å². The first-order valence-electron chi connectivity index (χ1n) is 9.47. The lowest BCUT2D eigenvalue weighted by Gasteiger charge is -2.30. The Morgan fingerprint density at radius 1 is 1.25 bits per heavy atom. The molecule has 0 radical (unpaired) electrons. The van der Waals surface area contributed by atoms with E-state index in [4.69, 9.17) is 10.5 Å². The van der Waals surface area contributed by atoms with Crippen LogP contribution in [0, 0.1) is 0 Å². The maximum Gasteiger partial charge on any atom is 0.338 e. The molecule has 1 aliphatic carbocycles. The largest absolute Gasteiger partial charge is 0.490 e. The van der Waals surface area contributed by atoms with E-state index in [1.807, 2.05) is 0 Å². The second-order valence-electron chi connectivity index (χ2n) is 7.30. The quantitative estimate of drug-likeness (QED) is 0.597. The van der Waals surface area contributed by atoms with E-state index in [9.17, 15) is 15.0 Å². The Hall–Kier alpha value is -1.96. The first-order valence-corrected chi connectivity index (χ1v) is 10.3. The highest BCUT2D eigenvalue weighted by Gasteiger charge is 2.43. The van der Waals surface area contributed by atoms with Crippen LogP contribution in [-0.2, 0) is 11.2 Å². The third-order valence-corrected chi connectivity index (χ3v) is 5.74. The van der Waals surface area contributed by atoms with Gasteiger partial charge >= 0.3 is 5.97 Å². The van der Waals surface area contributed by atoms with E-state index in [1.54, 1.807) is 42.6 Å². The normalized spacial score (nSPS) is 18.2. The van der Waals surface area contributed by atoms with Gasteiger partial charge in [-0.3, -0.25) is 4.98 Å². The standard InChI is InChI=1S/C21H25BrN2O4/c22-15-8-6-14(7-9-15)19(23)21(27,20(25)26)13-16-12-18(10-11-24-16)28-17-4-2-1-3-5-17/h6-12,17,19,27H,1-5,13,23H2,(H,25,26)/t19-,21+/m0/s1. The van der Waals surface area contributed by atoms with Gasteiger partial charge in [-0.05, 0) is 49.4 Å². The molecule has 7 heteroatoms. The van der Waals surface area contributed by atoms with Crippen molar-refractivity contribution in [3.63, 3.8) is 0 Å². The van der Waals surface area contributed by atoms with Crippen molar-refractivity contribution < 1.29 is 19.7 Å². The maximum absolute atomic E-state index is 11.9. The minimum atomic E-state index is -2.19. The summed E-state index contributed by atoms with van der Waals surface area (Å²) in [5, 5.41) is 20.6. The molecule has 2 aromatic rings. The summed E-state index contributed by atoms with van der Waals surface area (Å²) in [5.41, 5.74) is 4.92. The van der Waals surface area contributed by atoms with Gasteiger partial charge in [0.15, 0.2) is 5.60 Å². The molecule has 0 bridgehead atoms. The third-order valence-electron chi connectivity index (χ3n) is 5.21. The van der Waals surface area contributed by atoms with Crippen LogP contribution in [0.2, 0.25) is 0 Å². The number of aliphatic hydroxyl groups is 1. The highest BCUT2D eigenvalue weighted by molar-refractivity contribution is 9.10. The molecule has 1 saturated carbocycles. The van der Waals surface area contributed by atoms with Crippen LogP contribution in [-0.4, -0.2) is 32.9 Å². The number of rotatable bonds is 7. The summed E-state index contributed by atoms with van der Waals surface area (Å²) >= 11 is 3.33. The van der Waals surface area contributed by atoms with Crippen LogP contribution in [0.1, 0.15) is 49.4 Å². The summed E-state index contributed by atoms with van der Waals surface area (Å²) in [6.45, 7) is 0. The van der Waals surface area contributed by atoms with Crippen LogP contribution in [0.4, 0.5) is 0 Å². The summed E-state index contributed by atoms with van der Waals surface area (Å²) < 4.78 is 6.87. The minimum Gasteiger partial charge on any atom is -0.490 e. The van der Waals surface area contributed by atoms with Crippen molar-refractivity contribution in [2.24, 2.45) is 5.73 Å². The predicted octanol–water partition coefficient (Wildman–Crippen LogP) is 3.61. The average Bonchev–Trinajstić information content (AvgIpc) is 2.69. The van der Waals surface area contributed by atoms with Crippen molar-refractivity contribution in [3.8, 4) is 5.75 Å². The van der Waals surface area contributed by atoms with Crippen molar-refractivity contribution in [1.82, 2.24) is 4.98 Å². The molecule has 28 heavy (non-hydrogen) atoms. The van der Waals surface area contributed by atoms with Crippen molar-refractivity contribution in [2.45, 2.75) is 56.3 Å². The maximum atomic E-state index is 11.9. The number of pyridine rings is 1. The first kappa shape index (κ1) is 20.8. The van der Waals surface area contributed by atoms with E-state index in [2.05, 4.69) is 20.9 Å². The van der Waals surface area contributed by atoms with E-state index in [0.717, 1.165) is 30.2 Å². The Bertz CT molecular complexity index is 808. The fraction of sp³-hybridized carbons (Fsp3) is 0.429. The van der Waals surface area contributed by atoms with Gasteiger partial charge in [0.05, 0.1) is 12.1 Å². The number of hydrogen-bond acceptors (Lipinski definition) is 5. The zero-order chi connectivity index (χ0) is 20.1. The molecule has 1 aromatic carbocycles. The molecule has 0 saturated heterocycles. The monoisotopic (exact) mass is 448 g/mol. The lowest BCUT2D eigenvalue weighted by molar-refractivity contribution is -0.161. The van der Waals surface area contributed by atoms with Gasteiger partial charge in [-0.15, -0.1) is 0 Å². The number of hydrogen-bond donors (Lipinski definition) is 3. The number of aliphatic carboxylic acids is 1. The fourth-order valence-electron chi connectivity index (χ4n) is 3.54. The zero-order valence-corrected chi connectivity index (χ0v) is 17.1. The molecule has 1 heterocycles. The fourth-order valence-corrected chi connectivity index (χ4v) is 3.81. The first-order chi connectivity index (χ1) is 13.4. The third kappa shape index (κ3) is 4.90. The van der Waals surface area contributed by atoms with Gasteiger partial charge in [0.1, 0.15) is 5.75 Å². The van der Waals surface area contributed by atoms with Crippen LogP contribution < -0.4 is 10.5 Å². The predicted molar refractivity (Wildman–Crippen MR) is 109 cm³/mol. The molecule has 150 valence electrons. The van der Waals surface area contributed by atoms with E-state index in [1.165, 1.54) is 6.42 Å². The molecule has 3 rings (SSSR count). The van der Waals surface area contributed by atoms with Gasteiger partial charge < -0.3 is 20.7 Å². The molecular formula is C21H25BrN2O4. The number of carboxylic acid groups (broad SMARTS) is 1. The van der Waals surface area contributed by atoms with Crippen molar-refractivity contribution in [1.29, 1.82) is 0 Å². The van der Waals surface area contributed by atoms with Crippen LogP contribution in [0.3, 0.4) is 0 Å². The van der Waals surface area contributed by atoms with Crippen LogP contribution in [0.25, 0.3) is 0 Å². The molecule has 0 unspecified atom stereocenters. The molecule has 0 aliphatic heterocycles. The Morgan fingerprint density at radius 3 is 2.57 bits per heavy atom. The highest BCUT2D eigenvalue weighted by atomic mass is 79.9. The molecule has 4 N–H and O–H groups in total. The molecule has 1 aliphatic rings. The molecule has 2 atom stereocenters. The van der Waals surface area contributed by atoms with E-state index >= 15 is 0 Å². The Labute approximate surface area is 172 Å². The Kier molecular flexibility index (Phi) is 6.69. The number of nitrogens with two attached hydrogens (primary N) is 1. The van der Waals surface area contributed by atoms with Crippen LogP contribution in [0.15, 0.2) is 47.1 Å². The average molecular weight is 449 g/mol. The van der Waals surface area contributed by atoms with Gasteiger partial charge in [-0.1, -0.05) is 34.5 Å². The summed E-state index contributed by atoms with van der Waals surface area (Å²) in [7, 11) is 0. The molecule has 1 fully saturated rings. The number of nitrogens with zero attached hydrogens (tertiary/aromatic N) is 1. The lowest BCUT2D eigenvalue weighted by Crippen LogP contribution is -2.50. The van der Waals surface area contributed by atoms with Gasteiger partial charge in [-0.25, -0.2) is 4.79 Å². The number of benzene rings is 1. The minimum absolute atomic E-state index is 0.173. The number of aromatic nitrogens is 1. The Morgan fingerprint density at radius 2 is 1.93 bits per heavy atom. The Balaban J connectivity index is 1.78. The molecule has 1 aromatic heterocycles. The van der Waals surface area contributed by atoms with Crippen molar-refractivity contribution in [3.05, 3.63) is 58.3 Å². The SMILES string of the molecule is N[C@@H](c1ccc(Br)cc1)[C@](O)(Cc1cc(OC2CCCCC2)ccn1)C(=O)O. The van der Waals surface area contributed by atoms with Crippen molar-refractivity contribution in [2.75, 3.05) is 0 Å². The highest BCUT2D eigenvalue weighted by Crippen LogP contribution is 2.30. The topological polar surface area (TPSA) is 106 Å². The number of carboxylic acids is 1. The van der Waals surface area contributed by atoms with Crippen molar-refractivity contribution >= 4 is 21.9 Å². The van der Waals surface area contributed by atoms with Crippen LogP contribution >= 0.6 is 15.9 Å². The molecule has 0 amide bonds. The van der Waals surface area contributed by atoms with Gasteiger partial charge in [-0.2, -0.15) is 0 Å². The van der Waals surface area contributed by atoms with Gasteiger partial charge in [0, 0.05) is 28.9 Å². The van der Waals surface area contributed by atoms with Gasteiger partial charge in [0.25, 0.3) is 0 Å². The van der Waals surface area contributed by atoms with Gasteiger partial charge in [0.2, 0.25) is 0 Å². The molecular weight excluding hydrogens is 424 g/mol. The smallest absolute Gasteiger partial charge is 0.338 e. The lowest BCUT2D eigenvalue weighted by atomic mass is 9.85. The summed E-state index contributed by atoms with van der Waals surface area (Å²) in [5.74, 6) is -0.745. The zero-order valence-electron chi connectivity index (χ0n) is 15.6. The van der Waals surface area contributed by atoms with E-state index < -0.39 is 17.6 Å².